The highest BCUT2D eigenvalue weighted by molar-refractivity contribution is 5.75. The van der Waals surface area contributed by atoms with Crippen molar-refractivity contribution < 1.29 is 4.79 Å². The molecule has 2 amide bonds. The van der Waals surface area contributed by atoms with Crippen LogP contribution in [0.2, 0.25) is 0 Å². The summed E-state index contributed by atoms with van der Waals surface area (Å²) in [6.45, 7) is 9.30. The highest BCUT2D eigenvalue weighted by Crippen LogP contribution is 2.36. The summed E-state index contributed by atoms with van der Waals surface area (Å²) in [7, 11) is 0. The van der Waals surface area contributed by atoms with Crippen LogP contribution in [0.1, 0.15) is 63.0 Å². The molecule has 0 spiro atoms. The Morgan fingerprint density at radius 3 is 2.23 bits per heavy atom. The average molecular weight is 538 g/mol. The Morgan fingerprint density at radius 2 is 1.60 bits per heavy atom. The molecule has 3 aromatic rings. The number of hydrogen-bond acceptors (Lipinski definition) is 6. The number of amides is 2. The van der Waals surface area contributed by atoms with Crippen molar-refractivity contribution in [3.05, 3.63) is 77.9 Å². The van der Waals surface area contributed by atoms with Crippen LogP contribution in [0.5, 0.6) is 0 Å². The average Bonchev–Trinajstić information content (AvgIpc) is 3.01. The molecule has 1 saturated heterocycles. The van der Waals surface area contributed by atoms with Crippen LogP contribution in [-0.4, -0.2) is 53.1 Å². The molecule has 5 rings (SSSR count). The Labute approximate surface area is 237 Å². The van der Waals surface area contributed by atoms with Crippen LogP contribution in [-0.2, 0) is 12.1 Å². The van der Waals surface area contributed by atoms with Crippen molar-refractivity contribution in [1.29, 1.82) is 5.26 Å². The van der Waals surface area contributed by atoms with Gasteiger partial charge in [-0.25, -0.2) is 14.8 Å². The Balaban J connectivity index is 1.17. The fourth-order valence-electron chi connectivity index (χ4n) is 5.90. The van der Waals surface area contributed by atoms with Crippen molar-refractivity contribution in [3.8, 4) is 17.2 Å². The van der Waals surface area contributed by atoms with Gasteiger partial charge in [0.15, 0.2) is 0 Å². The highest BCUT2D eigenvalue weighted by atomic mass is 16.2. The Morgan fingerprint density at radius 1 is 0.950 bits per heavy atom. The maximum Gasteiger partial charge on any atom is 0.315 e. The zero-order chi connectivity index (χ0) is 28.0. The molecule has 1 aromatic heterocycles. The third kappa shape index (κ3) is 6.43. The molecule has 2 heterocycles. The highest BCUT2D eigenvalue weighted by Gasteiger charge is 2.37. The van der Waals surface area contributed by atoms with Crippen molar-refractivity contribution in [3.63, 3.8) is 0 Å². The summed E-state index contributed by atoms with van der Waals surface area (Å²) in [6.07, 6.45) is 6.33. The van der Waals surface area contributed by atoms with Crippen LogP contribution in [0.25, 0.3) is 11.1 Å². The molecule has 2 aromatic carbocycles. The van der Waals surface area contributed by atoms with Gasteiger partial charge in [-0.2, -0.15) is 5.26 Å². The standard InChI is InChI=1S/C32H39N7O/c1-24(2)38-18-20-39(21-19-38)28-12-10-27(11-13-28)26-8-6-25(7-9-26)23-35-31(40)37-32(15-4-3-5-16-32)29-14-17-34-30(22-33)36-29/h6-14,17,24H,3-5,15-16,18-21,23H2,1-2H3,(H2,35,37,40). The van der Waals surface area contributed by atoms with E-state index in [0.29, 0.717) is 18.3 Å². The molecule has 0 radical (unpaired) electrons. The van der Waals surface area contributed by atoms with E-state index in [1.54, 1.807) is 6.20 Å². The molecule has 1 aliphatic carbocycles. The van der Waals surface area contributed by atoms with Gasteiger partial charge in [-0.1, -0.05) is 55.7 Å². The van der Waals surface area contributed by atoms with Crippen molar-refractivity contribution in [2.75, 3.05) is 31.1 Å². The van der Waals surface area contributed by atoms with E-state index in [1.165, 1.54) is 11.3 Å². The zero-order valence-corrected chi connectivity index (χ0v) is 23.6. The summed E-state index contributed by atoms with van der Waals surface area (Å²) in [5, 5.41) is 15.4. The second kappa shape index (κ2) is 12.5. The molecular formula is C32H39N7O. The van der Waals surface area contributed by atoms with Gasteiger partial charge >= 0.3 is 6.03 Å². The number of carbonyl (C=O) groups excluding carboxylic acids is 1. The molecule has 8 heteroatoms. The van der Waals surface area contributed by atoms with Gasteiger partial charge in [-0.3, -0.25) is 4.90 Å². The smallest absolute Gasteiger partial charge is 0.315 e. The number of urea groups is 1. The number of aromatic nitrogens is 2. The number of rotatable bonds is 7. The fraction of sp³-hybridized carbons (Fsp3) is 0.438. The predicted molar refractivity (Wildman–Crippen MR) is 158 cm³/mol. The Hall–Kier alpha value is -3.96. The second-order valence-electron chi connectivity index (χ2n) is 11.2. The van der Waals surface area contributed by atoms with Crippen LogP contribution in [0, 0.1) is 11.3 Å². The first-order chi connectivity index (χ1) is 19.5. The van der Waals surface area contributed by atoms with Crippen molar-refractivity contribution in [1.82, 2.24) is 25.5 Å². The number of nitrogens with one attached hydrogen (secondary N) is 2. The predicted octanol–water partition coefficient (Wildman–Crippen LogP) is 5.20. The number of benzene rings is 2. The van der Waals surface area contributed by atoms with Crippen LogP contribution in [0.3, 0.4) is 0 Å². The van der Waals surface area contributed by atoms with Gasteiger partial charge in [0.1, 0.15) is 6.07 Å². The number of nitriles is 1. The van der Waals surface area contributed by atoms with Gasteiger partial charge in [0.2, 0.25) is 5.82 Å². The molecule has 2 fully saturated rings. The van der Waals surface area contributed by atoms with Gasteiger partial charge in [0, 0.05) is 50.6 Å². The summed E-state index contributed by atoms with van der Waals surface area (Å²) < 4.78 is 0. The van der Waals surface area contributed by atoms with Crippen molar-refractivity contribution >= 4 is 11.7 Å². The van der Waals surface area contributed by atoms with E-state index >= 15 is 0 Å². The molecule has 40 heavy (non-hydrogen) atoms. The SMILES string of the molecule is CC(C)N1CCN(c2ccc(-c3ccc(CNC(=O)NC4(c5ccnc(C#N)n5)CCCCC4)cc3)cc2)CC1. The van der Waals surface area contributed by atoms with E-state index in [9.17, 15) is 10.1 Å². The van der Waals surface area contributed by atoms with Gasteiger partial charge in [-0.05, 0) is 61.6 Å². The molecule has 2 aliphatic rings. The lowest BCUT2D eigenvalue weighted by molar-refractivity contribution is 0.199. The lowest BCUT2D eigenvalue weighted by Gasteiger charge is -2.38. The van der Waals surface area contributed by atoms with E-state index < -0.39 is 5.54 Å². The quantitative estimate of drug-likeness (QED) is 0.430. The molecule has 0 atom stereocenters. The number of hydrogen-bond donors (Lipinski definition) is 2. The molecule has 1 aliphatic heterocycles. The van der Waals surface area contributed by atoms with E-state index in [2.05, 4.69) is 92.8 Å². The monoisotopic (exact) mass is 537 g/mol. The van der Waals surface area contributed by atoms with Crippen LogP contribution in [0.4, 0.5) is 10.5 Å². The van der Waals surface area contributed by atoms with Gasteiger partial charge in [-0.15, -0.1) is 0 Å². The summed E-state index contributed by atoms with van der Waals surface area (Å²) in [4.78, 5) is 26.4. The summed E-state index contributed by atoms with van der Waals surface area (Å²) in [5.41, 5.74) is 4.78. The topological polar surface area (TPSA) is 97.2 Å². The fourth-order valence-corrected chi connectivity index (χ4v) is 5.90. The molecule has 0 bridgehead atoms. The molecule has 1 saturated carbocycles. The van der Waals surface area contributed by atoms with Gasteiger partial charge in [0.25, 0.3) is 0 Å². The van der Waals surface area contributed by atoms with Crippen molar-refractivity contribution in [2.24, 2.45) is 0 Å². The maximum atomic E-state index is 13.0. The molecule has 8 nitrogen and oxygen atoms in total. The minimum absolute atomic E-state index is 0.129. The molecule has 2 N–H and O–H groups in total. The van der Waals surface area contributed by atoms with E-state index in [-0.39, 0.29) is 11.9 Å². The Bertz CT molecular complexity index is 1320. The Kier molecular flexibility index (Phi) is 8.61. The van der Waals surface area contributed by atoms with E-state index in [4.69, 9.17) is 0 Å². The summed E-state index contributed by atoms with van der Waals surface area (Å²) >= 11 is 0. The largest absolute Gasteiger partial charge is 0.369 e. The maximum absolute atomic E-state index is 13.0. The van der Waals surface area contributed by atoms with E-state index in [0.717, 1.165) is 69.4 Å². The van der Waals surface area contributed by atoms with Crippen LogP contribution in [0.15, 0.2) is 60.8 Å². The van der Waals surface area contributed by atoms with Crippen LogP contribution < -0.4 is 15.5 Å². The normalized spacial score (nSPS) is 17.3. The van der Waals surface area contributed by atoms with E-state index in [1.807, 2.05) is 12.1 Å². The van der Waals surface area contributed by atoms with Crippen LogP contribution >= 0.6 is 0 Å². The second-order valence-corrected chi connectivity index (χ2v) is 11.2. The third-order valence-corrected chi connectivity index (χ3v) is 8.32. The van der Waals surface area contributed by atoms with Crippen molar-refractivity contribution in [2.45, 2.75) is 64.1 Å². The number of piperazine rings is 1. The third-order valence-electron chi connectivity index (χ3n) is 8.32. The molecular weight excluding hydrogens is 498 g/mol. The number of carbonyl (C=O) groups is 1. The minimum Gasteiger partial charge on any atom is -0.369 e. The van der Waals surface area contributed by atoms with Gasteiger partial charge in [0.05, 0.1) is 11.2 Å². The lowest BCUT2D eigenvalue weighted by atomic mass is 9.79. The minimum atomic E-state index is -0.575. The number of nitrogens with zero attached hydrogens (tertiary/aromatic N) is 5. The number of anilines is 1. The summed E-state index contributed by atoms with van der Waals surface area (Å²) in [6, 6.07) is 21.4. The van der Waals surface area contributed by atoms with Gasteiger partial charge < -0.3 is 15.5 Å². The first-order valence-corrected chi connectivity index (χ1v) is 14.4. The lowest BCUT2D eigenvalue weighted by Crippen LogP contribution is -2.51. The first-order valence-electron chi connectivity index (χ1n) is 14.4. The zero-order valence-electron chi connectivity index (χ0n) is 23.6. The first kappa shape index (κ1) is 27.6. The molecule has 208 valence electrons. The summed E-state index contributed by atoms with van der Waals surface area (Å²) in [5.74, 6) is 0.129. The molecule has 0 unspecified atom stereocenters.